The molecule has 0 N–H and O–H groups in total. The minimum absolute atomic E-state index is 1.20. The van der Waals surface area contributed by atoms with Crippen molar-refractivity contribution in [1.29, 1.82) is 0 Å². The van der Waals surface area contributed by atoms with Crippen LogP contribution in [0.4, 0.5) is 0 Å². The Morgan fingerprint density at radius 2 is 2.33 bits per heavy atom. The van der Waals surface area contributed by atoms with E-state index in [0.29, 0.717) is 0 Å². The highest BCUT2D eigenvalue weighted by Gasteiger charge is 1.89. The van der Waals surface area contributed by atoms with Crippen molar-refractivity contribution >= 4 is 0 Å². The molecular formula is C9H12. The van der Waals surface area contributed by atoms with E-state index in [2.05, 4.69) is 30.4 Å². The molecule has 1 aliphatic carbocycles. The van der Waals surface area contributed by atoms with E-state index in [9.17, 15) is 0 Å². The van der Waals surface area contributed by atoms with Crippen molar-refractivity contribution in [1.82, 2.24) is 0 Å². The molecule has 0 spiro atoms. The molecule has 0 saturated carbocycles. The van der Waals surface area contributed by atoms with Crippen LogP contribution in [-0.2, 0) is 0 Å². The molecule has 0 bridgehead atoms. The van der Waals surface area contributed by atoms with E-state index in [1.807, 2.05) is 6.92 Å². The van der Waals surface area contributed by atoms with Gasteiger partial charge in [0.2, 0.25) is 0 Å². The summed E-state index contributed by atoms with van der Waals surface area (Å²) < 4.78 is 0. The van der Waals surface area contributed by atoms with Gasteiger partial charge in [-0.25, -0.2) is 0 Å². The summed E-state index contributed by atoms with van der Waals surface area (Å²) in [6, 6.07) is 0. The van der Waals surface area contributed by atoms with Crippen LogP contribution in [0.5, 0.6) is 0 Å². The van der Waals surface area contributed by atoms with Crippen molar-refractivity contribution in [3.63, 3.8) is 0 Å². The third-order valence-corrected chi connectivity index (χ3v) is 1.38. The van der Waals surface area contributed by atoms with Gasteiger partial charge < -0.3 is 0 Å². The molecule has 0 fully saturated rings. The van der Waals surface area contributed by atoms with Crippen molar-refractivity contribution in [2.45, 2.75) is 19.8 Å². The zero-order valence-corrected chi connectivity index (χ0v) is 5.80. The summed E-state index contributed by atoms with van der Waals surface area (Å²) in [6.45, 7) is 2.04. The lowest BCUT2D eigenvalue weighted by molar-refractivity contribution is 1.02. The van der Waals surface area contributed by atoms with E-state index < -0.39 is 0 Å². The van der Waals surface area contributed by atoms with Gasteiger partial charge in [0, 0.05) is 0 Å². The van der Waals surface area contributed by atoms with Gasteiger partial charge in [0.05, 0.1) is 0 Å². The zero-order valence-electron chi connectivity index (χ0n) is 5.80. The van der Waals surface area contributed by atoms with Gasteiger partial charge in [-0.1, -0.05) is 30.4 Å². The summed E-state index contributed by atoms with van der Waals surface area (Å²) in [7, 11) is 0. The van der Waals surface area contributed by atoms with Gasteiger partial charge in [-0.15, -0.1) is 0 Å². The van der Waals surface area contributed by atoms with E-state index in [1.54, 1.807) is 0 Å². The third-order valence-electron chi connectivity index (χ3n) is 1.38. The van der Waals surface area contributed by atoms with Crippen molar-refractivity contribution in [3.05, 3.63) is 36.0 Å². The summed E-state index contributed by atoms with van der Waals surface area (Å²) in [5, 5.41) is 0. The normalized spacial score (nSPS) is 18.6. The summed E-state index contributed by atoms with van der Waals surface area (Å²) in [6.07, 6.45) is 13.3. The van der Waals surface area contributed by atoms with Gasteiger partial charge in [-0.05, 0) is 25.3 Å². The maximum Gasteiger partial charge on any atom is -0.0303 e. The number of hydrogen-bond donors (Lipinski definition) is 0. The lowest BCUT2D eigenvalue weighted by atomic mass is 10.1. The second-order valence-electron chi connectivity index (χ2n) is 2.18. The molecule has 0 nitrogen and oxygen atoms in total. The molecule has 0 atom stereocenters. The third kappa shape index (κ3) is 1.88. The highest BCUT2D eigenvalue weighted by Crippen LogP contribution is 2.09. The summed E-state index contributed by atoms with van der Waals surface area (Å²) >= 11 is 0. The van der Waals surface area contributed by atoms with Crippen LogP contribution in [0.15, 0.2) is 36.0 Å². The number of rotatable bonds is 1. The van der Waals surface area contributed by atoms with E-state index >= 15 is 0 Å². The Morgan fingerprint density at radius 3 is 2.89 bits per heavy atom. The molecule has 1 aliphatic rings. The van der Waals surface area contributed by atoms with Crippen LogP contribution in [0.2, 0.25) is 0 Å². The second-order valence-corrected chi connectivity index (χ2v) is 2.18. The minimum Gasteiger partial charge on any atom is -0.0871 e. The molecule has 0 heterocycles. The fraction of sp³-hybridized carbons (Fsp3) is 0.333. The highest BCUT2D eigenvalue weighted by atomic mass is 14.0. The van der Waals surface area contributed by atoms with Gasteiger partial charge in [0.15, 0.2) is 0 Å². The van der Waals surface area contributed by atoms with Gasteiger partial charge in [0.1, 0.15) is 0 Å². The van der Waals surface area contributed by atoms with Crippen molar-refractivity contribution in [3.8, 4) is 0 Å². The molecule has 9 heavy (non-hydrogen) atoms. The average Bonchev–Trinajstić information content (AvgIpc) is 1.91. The summed E-state index contributed by atoms with van der Waals surface area (Å²) in [5.74, 6) is 0. The first-order valence-corrected chi connectivity index (χ1v) is 3.43. The Kier molecular flexibility index (Phi) is 2.32. The zero-order chi connectivity index (χ0) is 6.53. The molecule has 0 amide bonds. The molecule has 0 radical (unpaired) electrons. The summed E-state index contributed by atoms with van der Waals surface area (Å²) in [5.41, 5.74) is 1.35. The number of allylic oxidation sites excluding steroid dienone is 6. The predicted octanol–water partition coefficient (Wildman–Crippen LogP) is 2.84. The molecule has 0 aliphatic heterocycles. The SMILES string of the molecule is C/C=C\C1=CCCC=C1. The van der Waals surface area contributed by atoms with Crippen molar-refractivity contribution < 1.29 is 0 Å². The van der Waals surface area contributed by atoms with Crippen molar-refractivity contribution in [2.24, 2.45) is 0 Å². The first kappa shape index (κ1) is 6.34. The standard InChI is InChI=1S/C9H12/c1-2-6-9-7-4-3-5-8-9/h2,4,6-8H,3,5H2,1H3/b6-2-. The van der Waals surface area contributed by atoms with Gasteiger partial charge in [-0.2, -0.15) is 0 Å². The van der Waals surface area contributed by atoms with Crippen LogP contribution < -0.4 is 0 Å². The van der Waals surface area contributed by atoms with Crippen molar-refractivity contribution in [2.75, 3.05) is 0 Å². The largest absolute Gasteiger partial charge is 0.0871 e. The van der Waals surface area contributed by atoms with Gasteiger partial charge in [-0.3, -0.25) is 0 Å². The van der Waals surface area contributed by atoms with Crippen LogP contribution >= 0.6 is 0 Å². The Bertz CT molecular complexity index is 155. The van der Waals surface area contributed by atoms with E-state index in [4.69, 9.17) is 0 Å². The highest BCUT2D eigenvalue weighted by molar-refractivity contribution is 5.32. The van der Waals surface area contributed by atoms with E-state index in [1.165, 1.54) is 18.4 Å². The fourth-order valence-electron chi connectivity index (χ4n) is 0.950. The molecule has 0 aromatic carbocycles. The first-order valence-electron chi connectivity index (χ1n) is 3.43. The quantitative estimate of drug-likeness (QED) is 0.499. The molecule has 0 aromatic rings. The average molecular weight is 120 g/mol. The topological polar surface area (TPSA) is 0 Å². The van der Waals surface area contributed by atoms with Gasteiger partial charge >= 0.3 is 0 Å². The first-order chi connectivity index (χ1) is 4.43. The molecule has 0 unspecified atom stereocenters. The van der Waals surface area contributed by atoms with Crippen LogP contribution in [0.1, 0.15) is 19.8 Å². The number of hydrogen-bond acceptors (Lipinski definition) is 0. The molecule has 0 aromatic heterocycles. The van der Waals surface area contributed by atoms with Crippen LogP contribution in [0.3, 0.4) is 0 Å². The van der Waals surface area contributed by atoms with Gasteiger partial charge in [0.25, 0.3) is 0 Å². The Morgan fingerprint density at radius 1 is 1.44 bits per heavy atom. The fourth-order valence-corrected chi connectivity index (χ4v) is 0.950. The molecular weight excluding hydrogens is 108 g/mol. The maximum atomic E-state index is 2.26. The lowest BCUT2D eigenvalue weighted by Crippen LogP contribution is -1.78. The minimum atomic E-state index is 1.20. The predicted molar refractivity (Wildman–Crippen MR) is 41.3 cm³/mol. The van der Waals surface area contributed by atoms with Crippen LogP contribution in [0.25, 0.3) is 0 Å². The van der Waals surface area contributed by atoms with E-state index in [-0.39, 0.29) is 0 Å². The maximum absolute atomic E-state index is 2.26. The Labute approximate surface area is 56.6 Å². The molecule has 48 valence electrons. The Balaban J connectivity index is 2.58. The molecule has 0 heteroatoms. The molecule has 1 rings (SSSR count). The van der Waals surface area contributed by atoms with Crippen LogP contribution in [-0.4, -0.2) is 0 Å². The lowest BCUT2D eigenvalue weighted by Gasteiger charge is -1.99. The summed E-state index contributed by atoms with van der Waals surface area (Å²) in [4.78, 5) is 0. The second kappa shape index (κ2) is 3.29. The Hall–Kier alpha value is -0.780. The van der Waals surface area contributed by atoms with E-state index in [0.717, 1.165) is 0 Å². The van der Waals surface area contributed by atoms with Crippen LogP contribution in [0, 0.1) is 0 Å². The molecule has 0 saturated heterocycles. The monoisotopic (exact) mass is 120 g/mol. The smallest absolute Gasteiger partial charge is 0.0303 e.